The first-order valence-corrected chi connectivity index (χ1v) is 6.95. The lowest BCUT2D eigenvalue weighted by atomic mass is 9.56. The molecule has 1 saturated heterocycles. The van der Waals surface area contributed by atoms with Crippen molar-refractivity contribution in [3.63, 3.8) is 0 Å². The van der Waals surface area contributed by atoms with Crippen molar-refractivity contribution < 1.29 is 23.9 Å². The molecule has 0 N–H and O–H groups in total. The smallest absolute Gasteiger partial charge is 0.331 e. The Morgan fingerprint density at radius 1 is 1.40 bits per heavy atom. The molecule has 2 aliphatic heterocycles. The number of carbonyl (C=O) groups excluding carboxylic acids is 3. The zero-order chi connectivity index (χ0) is 14.7. The molecular weight excluding hydrogens is 260 g/mol. The number of ether oxygens (including phenoxy) is 2. The highest BCUT2D eigenvalue weighted by Gasteiger charge is 2.69. The van der Waals surface area contributed by atoms with Crippen molar-refractivity contribution in [1.82, 2.24) is 0 Å². The van der Waals surface area contributed by atoms with Crippen LogP contribution in [0.2, 0.25) is 0 Å². The van der Waals surface area contributed by atoms with Crippen molar-refractivity contribution in [3.05, 3.63) is 12.2 Å². The molecular formula is C15H18O5. The molecule has 0 spiro atoms. The van der Waals surface area contributed by atoms with Gasteiger partial charge in [0.2, 0.25) is 5.60 Å². The number of fused-ring (bicyclic) bond motifs is 3. The molecule has 0 aromatic heterocycles. The van der Waals surface area contributed by atoms with Gasteiger partial charge in [-0.15, -0.1) is 0 Å². The van der Waals surface area contributed by atoms with Gasteiger partial charge in [-0.1, -0.05) is 19.9 Å². The zero-order valence-corrected chi connectivity index (χ0v) is 11.8. The van der Waals surface area contributed by atoms with Gasteiger partial charge in [0.05, 0.1) is 5.92 Å². The molecule has 0 amide bonds. The minimum atomic E-state index is -1.37. The molecule has 3 aliphatic rings. The van der Waals surface area contributed by atoms with E-state index >= 15 is 0 Å². The summed E-state index contributed by atoms with van der Waals surface area (Å²) in [4.78, 5) is 36.0. The Bertz CT molecular complexity index is 536. The lowest BCUT2D eigenvalue weighted by Gasteiger charge is -2.53. The average Bonchev–Trinajstić information content (AvgIpc) is 2.67. The van der Waals surface area contributed by atoms with Crippen LogP contribution in [0.25, 0.3) is 0 Å². The molecule has 0 aromatic rings. The van der Waals surface area contributed by atoms with Gasteiger partial charge >= 0.3 is 11.9 Å². The van der Waals surface area contributed by atoms with Crippen molar-refractivity contribution in [1.29, 1.82) is 0 Å². The number of rotatable bonds is 1. The van der Waals surface area contributed by atoms with Crippen LogP contribution < -0.4 is 0 Å². The molecule has 5 unspecified atom stereocenters. The van der Waals surface area contributed by atoms with E-state index in [0.29, 0.717) is 6.42 Å². The second-order valence-corrected chi connectivity index (χ2v) is 6.31. The van der Waals surface area contributed by atoms with Gasteiger partial charge in [0.15, 0.2) is 11.9 Å². The van der Waals surface area contributed by atoms with Crippen molar-refractivity contribution in [3.8, 4) is 0 Å². The number of hydrogen-bond acceptors (Lipinski definition) is 5. The van der Waals surface area contributed by atoms with Crippen LogP contribution in [0.1, 0.15) is 33.6 Å². The highest BCUT2D eigenvalue weighted by atomic mass is 16.6. The van der Waals surface area contributed by atoms with Gasteiger partial charge in [-0.25, -0.2) is 4.79 Å². The van der Waals surface area contributed by atoms with E-state index in [9.17, 15) is 14.4 Å². The molecule has 1 aliphatic carbocycles. The maximum atomic E-state index is 12.4. The first-order chi connectivity index (χ1) is 9.32. The van der Waals surface area contributed by atoms with Crippen molar-refractivity contribution >= 4 is 17.7 Å². The first kappa shape index (κ1) is 13.3. The summed E-state index contributed by atoms with van der Waals surface area (Å²) in [6, 6.07) is 0. The number of esters is 2. The van der Waals surface area contributed by atoms with E-state index in [0.717, 1.165) is 6.42 Å². The second-order valence-electron chi connectivity index (χ2n) is 6.31. The third-order valence-corrected chi connectivity index (χ3v) is 5.26. The number of hydrogen-bond donors (Lipinski definition) is 0. The Balaban J connectivity index is 2.16. The van der Waals surface area contributed by atoms with Crippen LogP contribution in [0.5, 0.6) is 0 Å². The minimum absolute atomic E-state index is 0.0706. The molecule has 5 nitrogen and oxygen atoms in total. The third kappa shape index (κ3) is 1.41. The highest BCUT2D eigenvalue weighted by molar-refractivity contribution is 5.95. The Kier molecular flexibility index (Phi) is 2.62. The van der Waals surface area contributed by atoms with E-state index in [2.05, 4.69) is 0 Å². The zero-order valence-electron chi connectivity index (χ0n) is 11.8. The van der Waals surface area contributed by atoms with E-state index in [1.807, 2.05) is 13.8 Å². The lowest BCUT2D eigenvalue weighted by molar-refractivity contribution is -0.212. The Morgan fingerprint density at radius 3 is 2.75 bits per heavy atom. The van der Waals surface area contributed by atoms with Gasteiger partial charge in [0, 0.05) is 17.4 Å². The van der Waals surface area contributed by atoms with Crippen molar-refractivity contribution in [2.75, 3.05) is 0 Å². The molecule has 0 bridgehead atoms. The molecule has 2 fully saturated rings. The quantitative estimate of drug-likeness (QED) is 0.678. The van der Waals surface area contributed by atoms with Crippen molar-refractivity contribution in [2.45, 2.75) is 45.3 Å². The number of carbonyl (C=O) groups is 3. The van der Waals surface area contributed by atoms with Gasteiger partial charge < -0.3 is 9.47 Å². The van der Waals surface area contributed by atoms with Gasteiger partial charge in [-0.3, -0.25) is 9.59 Å². The molecule has 0 radical (unpaired) electrons. The fraction of sp³-hybridized carbons (Fsp3) is 0.667. The Morgan fingerprint density at radius 2 is 2.10 bits per heavy atom. The topological polar surface area (TPSA) is 69.7 Å². The van der Waals surface area contributed by atoms with Crippen LogP contribution >= 0.6 is 0 Å². The molecule has 5 atom stereocenters. The van der Waals surface area contributed by atoms with Crippen molar-refractivity contribution in [2.24, 2.45) is 17.3 Å². The molecule has 3 rings (SSSR count). The van der Waals surface area contributed by atoms with E-state index in [1.165, 1.54) is 13.0 Å². The van der Waals surface area contributed by atoms with Gasteiger partial charge in [-0.2, -0.15) is 0 Å². The van der Waals surface area contributed by atoms with E-state index in [1.54, 1.807) is 6.08 Å². The van der Waals surface area contributed by atoms with Crippen LogP contribution in [-0.4, -0.2) is 29.4 Å². The summed E-state index contributed by atoms with van der Waals surface area (Å²) in [6.45, 7) is 5.11. The molecule has 108 valence electrons. The van der Waals surface area contributed by atoms with Crippen LogP contribution in [0.3, 0.4) is 0 Å². The second kappa shape index (κ2) is 3.93. The summed E-state index contributed by atoms with van der Waals surface area (Å²) in [5.41, 5.74) is -1.99. The molecule has 0 aromatic carbocycles. The van der Waals surface area contributed by atoms with E-state index < -0.39 is 23.1 Å². The van der Waals surface area contributed by atoms with Gasteiger partial charge in [0.25, 0.3) is 0 Å². The standard InChI is InChI=1S/C15H18O5/c1-8-10-4-6-14(3)7-5-11(17)20-15(14,9(2)16)12(10)19-13(8)18/h5,7-8,10,12H,4,6H2,1-3H3. The van der Waals surface area contributed by atoms with Crippen LogP contribution in [0.15, 0.2) is 12.2 Å². The number of ketones is 1. The lowest BCUT2D eigenvalue weighted by Crippen LogP contribution is -2.67. The van der Waals surface area contributed by atoms with Gasteiger partial charge in [-0.05, 0) is 19.8 Å². The summed E-state index contributed by atoms with van der Waals surface area (Å²) in [7, 11) is 0. The normalized spacial score (nSPS) is 46.2. The van der Waals surface area contributed by atoms with Crippen LogP contribution in [0, 0.1) is 17.3 Å². The number of Topliss-reactive ketones (excluding diaryl/α,β-unsaturated/α-hetero) is 1. The SMILES string of the molecule is CC(=O)C12OC(=O)C=CC1(C)CCC1C(C)C(=O)OC12. The summed E-state index contributed by atoms with van der Waals surface area (Å²) in [5.74, 6) is -1.44. The summed E-state index contributed by atoms with van der Waals surface area (Å²) < 4.78 is 11.0. The predicted octanol–water partition coefficient (Wildman–Crippen LogP) is 1.40. The first-order valence-electron chi connectivity index (χ1n) is 6.95. The largest absolute Gasteiger partial charge is 0.457 e. The minimum Gasteiger partial charge on any atom is -0.457 e. The third-order valence-electron chi connectivity index (χ3n) is 5.26. The molecule has 20 heavy (non-hydrogen) atoms. The molecule has 2 heterocycles. The van der Waals surface area contributed by atoms with Crippen LogP contribution in [-0.2, 0) is 23.9 Å². The monoisotopic (exact) mass is 278 g/mol. The fourth-order valence-electron chi connectivity index (χ4n) is 4.02. The fourth-order valence-corrected chi connectivity index (χ4v) is 4.02. The summed E-state index contributed by atoms with van der Waals surface area (Å²) >= 11 is 0. The highest BCUT2D eigenvalue weighted by Crippen LogP contribution is 2.56. The molecule has 5 heteroatoms. The van der Waals surface area contributed by atoms with Crippen LogP contribution in [0.4, 0.5) is 0 Å². The van der Waals surface area contributed by atoms with E-state index in [-0.39, 0.29) is 23.6 Å². The van der Waals surface area contributed by atoms with Gasteiger partial charge in [0.1, 0.15) is 0 Å². The molecule has 1 saturated carbocycles. The van der Waals surface area contributed by atoms with E-state index in [4.69, 9.17) is 9.47 Å². The average molecular weight is 278 g/mol. The Hall–Kier alpha value is -1.65. The maximum Gasteiger partial charge on any atom is 0.331 e. The summed E-state index contributed by atoms with van der Waals surface area (Å²) in [5, 5.41) is 0. The summed E-state index contributed by atoms with van der Waals surface area (Å²) in [6.07, 6.45) is 3.91. The Labute approximate surface area is 117 Å². The maximum absolute atomic E-state index is 12.4. The predicted molar refractivity (Wildman–Crippen MR) is 68.5 cm³/mol.